The highest BCUT2D eigenvalue weighted by atomic mass is 19.4. The molecule has 0 fully saturated rings. The number of hydrogen-bond donors (Lipinski definition) is 1. The Labute approximate surface area is 78.0 Å². The van der Waals surface area contributed by atoms with Crippen LogP contribution >= 0.6 is 0 Å². The van der Waals surface area contributed by atoms with Crippen LogP contribution in [-0.2, 0) is 12.7 Å². The fraction of sp³-hybridized carbons (Fsp3) is 0.375. The summed E-state index contributed by atoms with van der Waals surface area (Å²) in [7, 11) is 1.57. The van der Waals surface area contributed by atoms with E-state index >= 15 is 0 Å². The van der Waals surface area contributed by atoms with Crippen LogP contribution in [-0.4, -0.2) is 12.0 Å². The molecule has 0 atom stereocenters. The number of aromatic nitrogens is 1. The van der Waals surface area contributed by atoms with E-state index in [1.54, 1.807) is 7.05 Å². The van der Waals surface area contributed by atoms with Crippen LogP contribution in [0.15, 0.2) is 12.1 Å². The predicted octanol–water partition coefficient (Wildman–Crippen LogP) is 1.96. The maximum atomic E-state index is 12.9. The summed E-state index contributed by atoms with van der Waals surface area (Å²) < 4.78 is 49.0. The summed E-state index contributed by atoms with van der Waals surface area (Å²) in [6, 6.07) is 1.83. The molecule has 0 saturated heterocycles. The Kier molecular flexibility index (Phi) is 3.05. The van der Waals surface area contributed by atoms with Gasteiger partial charge in [0.25, 0.3) is 0 Å². The van der Waals surface area contributed by atoms with Crippen molar-refractivity contribution in [2.75, 3.05) is 7.05 Å². The largest absolute Gasteiger partial charge is 0.433 e. The van der Waals surface area contributed by atoms with Crippen molar-refractivity contribution in [1.82, 2.24) is 10.3 Å². The fourth-order valence-electron chi connectivity index (χ4n) is 0.943. The highest BCUT2D eigenvalue weighted by molar-refractivity contribution is 5.17. The number of nitrogens with one attached hydrogen (secondary N) is 1. The van der Waals surface area contributed by atoms with E-state index in [-0.39, 0.29) is 12.1 Å². The molecule has 1 aromatic rings. The summed E-state index contributed by atoms with van der Waals surface area (Å²) >= 11 is 0. The van der Waals surface area contributed by atoms with E-state index in [9.17, 15) is 17.6 Å². The Morgan fingerprint density at radius 3 is 2.43 bits per heavy atom. The van der Waals surface area contributed by atoms with Gasteiger partial charge in [-0.25, -0.2) is 4.98 Å². The average molecular weight is 208 g/mol. The summed E-state index contributed by atoms with van der Waals surface area (Å²) in [6.45, 7) is 0.150. The summed E-state index contributed by atoms with van der Waals surface area (Å²) in [5.74, 6) is -1.09. The maximum Gasteiger partial charge on any atom is 0.433 e. The van der Waals surface area contributed by atoms with Crippen molar-refractivity contribution in [3.05, 3.63) is 29.3 Å². The van der Waals surface area contributed by atoms with E-state index in [4.69, 9.17) is 0 Å². The first-order valence-corrected chi connectivity index (χ1v) is 3.82. The number of alkyl halides is 3. The van der Waals surface area contributed by atoms with E-state index in [1.807, 2.05) is 0 Å². The minimum Gasteiger partial charge on any atom is -0.316 e. The normalized spacial score (nSPS) is 11.8. The molecule has 2 nitrogen and oxygen atoms in total. The van der Waals surface area contributed by atoms with E-state index < -0.39 is 17.8 Å². The Bertz CT molecular complexity index is 322. The van der Waals surface area contributed by atoms with Crippen molar-refractivity contribution in [1.29, 1.82) is 0 Å². The molecule has 0 aliphatic carbocycles. The highest BCUT2D eigenvalue weighted by Crippen LogP contribution is 2.27. The summed E-state index contributed by atoms with van der Waals surface area (Å²) in [5.41, 5.74) is -1.10. The smallest absolute Gasteiger partial charge is 0.316 e. The van der Waals surface area contributed by atoms with E-state index in [0.717, 1.165) is 12.1 Å². The zero-order valence-corrected chi connectivity index (χ0v) is 7.32. The van der Waals surface area contributed by atoms with Crippen LogP contribution < -0.4 is 5.32 Å². The number of rotatable bonds is 2. The molecule has 0 saturated carbocycles. The van der Waals surface area contributed by atoms with Crippen LogP contribution in [0.4, 0.5) is 17.6 Å². The molecular weight excluding hydrogens is 200 g/mol. The summed E-state index contributed by atoms with van der Waals surface area (Å²) in [5, 5.41) is 2.62. The van der Waals surface area contributed by atoms with Gasteiger partial charge in [-0.05, 0) is 13.1 Å². The number of hydrogen-bond acceptors (Lipinski definition) is 2. The molecule has 0 bridgehead atoms. The van der Waals surface area contributed by atoms with Crippen molar-refractivity contribution in [3.8, 4) is 0 Å². The van der Waals surface area contributed by atoms with Gasteiger partial charge in [-0.1, -0.05) is 6.07 Å². The van der Waals surface area contributed by atoms with Gasteiger partial charge in [0.05, 0.1) is 0 Å². The van der Waals surface area contributed by atoms with Gasteiger partial charge in [0.1, 0.15) is 5.69 Å². The van der Waals surface area contributed by atoms with Crippen LogP contribution in [0.2, 0.25) is 0 Å². The molecule has 78 valence electrons. The molecule has 0 aliphatic heterocycles. The van der Waals surface area contributed by atoms with E-state index in [0.29, 0.717) is 0 Å². The molecule has 1 N–H and O–H groups in total. The van der Waals surface area contributed by atoms with Crippen LogP contribution in [0.1, 0.15) is 11.3 Å². The fourth-order valence-corrected chi connectivity index (χ4v) is 0.943. The molecule has 0 amide bonds. The molecule has 0 spiro atoms. The zero-order valence-electron chi connectivity index (χ0n) is 7.32. The molecule has 6 heteroatoms. The first kappa shape index (κ1) is 10.9. The molecule has 1 heterocycles. The SMILES string of the molecule is CNCc1ccc(C(F)(F)F)nc1F. The van der Waals surface area contributed by atoms with Gasteiger partial charge in [0.2, 0.25) is 5.95 Å². The third kappa shape index (κ3) is 2.41. The van der Waals surface area contributed by atoms with Gasteiger partial charge < -0.3 is 5.32 Å². The predicted molar refractivity (Wildman–Crippen MR) is 42.0 cm³/mol. The monoisotopic (exact) mass is 208 g/mol. The highest BCUT2D eigenvalue weighted by Gasteiger charge is 2.33. The van der Waals surface area contributed by atoms with E-state index in [1.165, 1.54) is 0 Å². The standard InChI is InChI=1S/C8H8F4N2/c1-13-4-5-2-3-6(8(10,11)12)14-7(5)9/h2-3,13H,4H2,1H3. The first-order valence-electron chi connectivity index (χ1n) is 3.82. The molecule has 0 aliphatic rings. The lowest BCUT2D eigenvalue weighted by Gasteiger charge is -2.07. The number of halogens is 4. The quantitative estimate of drug-likeness (QED) is 0.593. The number of pyridine rings is 1. The summed E-state index contributed by atoms with van der Waals surface area (Å²) in [6.07, 6.45) is -4.60. The molecular formula is C8H8F4N2. The third-order valence-corrected chi connectivity index (χ3v) is 1.58. The van der Waals surface area contributed by atoms with Crippen LogP contribution in [0.3, 0.4) is 0 Å². The topological polar surface area (TPSA) is 24.9 Å². The van der Waals surface area contributed by atoms with Gasteiger partial charge in [-0.3, -0.25) is 0 Å². The third-order valence-electron chi connectivity index (χ3n) is 1.58. The Morgan fingerprint density at radius 2 is 2.00 bits per heavy atom. The molecule has 0 radical (unpaired) electrons. The minimum absolute atomic E-state index is 0.112. The van der Waals surface area contributed by atoms with Crippen molar-refractivity contribution < 1.29 is 17.6 Å². The molecule has 1 aromatic heterocycles. The Morgan fingerprint density at radius 1 is 1.36 bits per heavy atom. The Balaban J connectivity index is 3.01. The van der Waals surface area contributed by atoms with Crippen LogP contribution in [0, 0.1) is 5.95 Å². The second-order valence-electron chi connectivity index (χ2n) is 2.67. The van der Waals surface area contributed by atoms with Gasteiger partial charge >= 0.3 is 6.18 Å². The maximum absolute atomic E-state index is 12.9. The van der Waals surface area contributed by atoms with Gasteiger partial charge in [0, 0.05) is 12.1 Å². The van der Waals surface area contributed by atoms with E-state index in [2.05, 4.69) is 10.3 Å². The van der Waals surface area contributed by atoms with Crippen molar-refractivity contribution in [3.63, 3.8) is 0 Å². The van der Waals surface area contributed by atoms with Crippen molar-refractivity contribution in [2.24, 2.45) is 0 Å². The van der Waals surface area contributed by atoms with Crippen LogP contribution in [0.5, 0.6) is 0 Å². The molecule has 1 rings (SSSR count). The molecule has 14 heavy (non-hydrogen) atoms. The first-order chi connectivity index (χ1) is 6.45. The average Bonchev–Trinajstić information content (AvgIpc) is 2.07. The number of nitrogens with zero attached hydrogens (tertiary/aromatic N) is 1. The van der Waals surface area contributed by atoms with Gasteiger partial charge in [-0.2, -0.15) is 17.6 Å². The lowest BCUT2D eigenvalue weighted by Crippen LogP contribution is -2.13. The second kappa shape index (κ2) is 3.91. The zero-order chi connectivity index (χ0) is 10.8. The lowest BCUT2D eigenvalue weighted by molar-refractivity contribution is -0.141. The van der Waals surface area contributed by atoms with Gasteiger partial charge in [-0.15, -0.1) is 0 Å². The Hall–Kier alpha value is -1.17. The molecule has 0 unspecified atom stereocenters. The minimum atomic E-state index is -4.60. The summed E-state index contributed by atoms with van der Waals surface area (Å²) in [4.78, 5) is 2.83. The molecule has 0 aromatic carbocycles. The second-order valence-corrected chi connectivity index (χ2v) is 2.67. The lowest BCUT2D eigenvalue weighted by atomic mass is 10.2. The van der Waals surface area contributed by atoms with Crippen molar-refractivity contribution in [2.45, 2.75) is 12.7 Å². The van der Waals surface area contributed by atoms with Crippen LogP contribution in [0.25, 0.3) is 0 Å². The van der Waals surface area contributed by atoms with Crippen molar-refractivity contribution >= 4 is 0 Å². The van der Waals surface area contributed by atoms with Gasteiger partial charge in [0.15, 0.2) is 0 Å².